The first-order chi connectivity index (χ1) is 17.0. The monoisotopic (exact) mass is 557 g/mol. The van der Waals surface area contributed by atoms with Crippen LogP contribution in [0.1, 0.15) is 11.1 Å². The molecule has 0 heterocycles. The van der Waals surface area contributed by atoms with Crippen LogP contribution in [-0.4, -0.2) is 8.80 Å². The zero-order valence-electron chi connectivity index (χ0n) is 21.5. The first kappa shape index (κ1) is 26.3. The minimum Gasteiger partial charge on any atom is -0.130 e. The molecule has 0 bridgehead atoms. The number of aryl methyl sites for hydroxylation is 2. The first-order valence-corrected chi connectivity index (χ1v) is 14.8. The van der Waals surface area contributed by atoms with Gasteiger partial charge in [0.1, 0.15) is 0 Å². The van der Waals surface area contributed by atoms with Crippen molar-refractivity contribution in [2.75, 3.05) is 0 Å². The first-order valence-electron chi connectivity index (χ1n) is 12.3. The smallest absolute Gasteiger partial charge is 0.130 e. The summed E-state index contributed by atoms with van der Waals surface area (Å²) in [7, 11) is -0.466. The van der Waals surface area contributed by atoms with Crippen LogP contribution in [0.2, 0.25) is 13.1 Å². The van der Waals surface area contributed by atoms with Crippen molar-refractivity contribution >= 4 is 35.5 Å². The molecule has 0 amide bonds. The van der Waals surface area contributed by atoms with E-state index in [2.05, 4.69) is 142 Å². The van der Waals surface area contributed by atoms with Gasteiger partial charge >= 0.3 is 26.2 Å². The van der Waals surface area contributed by atoms with Crippen LogP contribution in [0, 0.1) is 13.8 Å². The van der Waals surface area contributed by atoms with Crippen molar-refractivity contribution in [2.45, 2.75) is 26.9 Å². The van der Waals surface area contributed by atoms with Crippen molar-refractivity contribution in [3.05, 3.63) is 126 Å². The van der Waals surface area contributed by atoms with E-state index in [1.54, 1.807) is 5.19 Å². The van der Waals surface area contributed by atoms with Gasteiger partial charge in [-0.15, -0.1) is 47.7 Å². The minimum atomic E-state index is -0.466. The van der Waals surface area contributed by atoms with Gasteiger partial charge in [-0.25, -0.2) is 0 Å². The predicted molar refractivity (Wildman–Crippen MR) is 157 cm³/mol. The van der Waals surface area contributed by atoms with E-state index in [-0.39, 0.29) is 26.2 Å². The van der Waals surface area contributed by atoms with Gasteiger partial charge in [-0.3, -0.25) is 0 Å². The van der Waals surface area contributed by atoms with Gasteiger partial charge in [0.25, 0.3) is 0 Å². The van der Waals surface area contributed by atoms with E-state index < -0.39 is 8.80 Å². The van der Waals surface area contributed by atoms with Gasteiger partial charge in [-0.1, -0.05) is 155 Å². The summed E-state index contributed by atoms with van der Waals surface area (Å²) in [5, 5.41) is 7.00. The van der Waals surface area contributed by atoms with Crippen LogP contribution in [0.25, 0.3) is 43.8 Å². The van der Waals surface area contributed by atoms with E-state index in [1.165, 1.54) is 54.9 Å². The molecule has 36 heavy (non-hydrogen) atoms. The fourth-order valence-electron chi connectivity index (χ4n) is 5.02. The van der Waals surface area contributed by atoms with Gasteiger partial charge in [-0.05, 0) is 0 Å². The maximum Gasteiger partial charge on any atom is 2.00 e. The molecule has 2 heteroatoms. The second-order valence-corrected chi connectivity index (χ2v) is 12.0. The maximum absolute atomic E-state index is 2.39. The van der Waals surface area contributed by atoms with E-state index in [0.29, 0.717) is 0 Å². The van der Waals surface area contributed by atoms with E-state index in [1.807, 2.05) is 0 Å². The fourth-order valence-corrected chi connectivity index (χ4v) is 6.24. The molecule has 0 aliphatic heterocycles. The molecule has 6 aromatic rings. The number of fused-ring (bicyclic) bond motifs is 2. The molecule has 0 fully saturated rings. The molecule has 1 radical (unpaired) electrons. The zero-order valence-corrected chi connectivity index (χ0v) is 24.9. The molecule has 0 aliphatic rings. The minimum absolute atomic E-state index is 0. The summed E-state index contributed by atoms with van der Waals surface area (Å²) in [6.45, 7) is 9.12. The molecule has 0 saturated carbocycles. The molecule has 6 aromatic carbocycles. The second kappa shape index (κ2) is 11.5. The van der Waals surface area contributed by atoms with Crippen LogP contribution in [0.5, 0.6) is 0 Å². The molecule has 0 spiro atoms. The number of rotatable bonds is 3. The largest absolute Gasteiger partial charge is 2.00 e. The topological polar surface area (TPSA) is 0 Å². The van der Waals surface area contributed by atoms with Gasteiger partial charge in [0.05, 0.1) is 8.80 Å². The summed E-state index contributed by atoms with van der Waals surface area (Å²) in [6.07, 6.45) is 0. The van der Waals surface area contributed by atoms with Gasteiger partial charge in [0, 0.05) is 0 Å². The summed E-state index contributed by atoms with van der Waals surface area (Å²) in [4.78, 5) is 0. The predicted octanol–water partition coefficient (Wildman–Crippen LogP) is 9.03. The molecule has 0 aromatic heterocycles. The van der Waals surface area contributed by atoms with Crippen molar-refractivity contribution in [1.29, 1.82) is 0 Å². The third-order valence-electron chi connectivity index (χ3n) is 6.87. The average molecular weight is 559 g/mol. The fraction of sp³-hybridized carbons (Fsp3) is 0.118. The third-order valence-corrected chi connectivity index (χ3v) is 8.34. The van der Waals surface area contributed by atoms with Crippen molar-refractivity contribution in [3.63, 3.8) is 0 Å². The second-order valence-electron chi connectivity index (χ2n) is 9.48. The van der Waals surface area contributed by atoms with E-state index in [0.717, 1.165) is 0 Å². The Morgan fingerprint density at radius 1 is 0.556 bits per heavy atom. The van der Waals surface area contributed by atoms with E-state index in [9.17, 15) is 0 Å². The molecule has 0 aliphatic carbocycles. The molecule has 0 unspecified atom stereocenters. The van der Waals surface area contributed by atoms with Gasteiger partial charge < -0.3 is 0 Å². The van der Waals surface area contributed by atoms with Crippen LogP contribution < -0.4 is 5.19 Å². The summed E-state index contributed by atoms with van der Waals surface area (Å²) >= 11 is 0. The Kier molecular flexibility index (Phi) is 8.39. The van der Waals surface area contributed by atoms with Crippen LogP contribution >= 0.6 is 0 Å². The Labute approximate surface area is 236 Å². The van der Waals surface area contributed by atoms with Crippen molar-refractivity contribution in [3.8, 4) is 22.3 Å². The summed E-state index contributed by atoms with van der Waals surface area (Å²) in [5.74, 6) is 0. The Hall–Kier alpha value is -2.80. The number of hydrogen-bond donors (Lipinski definition) is 0. The molecule has 175 valence electrons. The molecule has 0 saturated heterocycles. The maximum atomic E-state index is 2.39. The molecule has 0 N–H and O–H groups in total. The van der Waals surface area contributed by atoms with Crippen LogP contribution in [0.4, 0.5) is 0 Å². The van der Waals surface area contributed by atoms with Crippen LogP contribution in [-0.2, 0) is 26.2 Å². The van der Waals surface area contributed by atoms with E-state index in [4.69, 9.17) is 0 Å². The Bertz CT molecular complexity index is 1600. The Morgan fingerprint density at radius 2 is 1.08 bits per heavy atom. The van der Waals surface area contributed by atoms with Crippen LogP contribution in [0.15, 0.2) is 115 Å². The van der Waals surface area contributed by atoms with Gasteiger partial charge in [0.15, 0.2) is 0 Å². The van der Waals surface area contributed by atoms with E-state index >= 15 is 0 Å². The van der Waals surface area contributed by atoms with Crippen molar-refractivity contribution in [2.24, 2.45) is 0 Å². The van der Waals surface area contributed by atoms with Gasteiger partial charge in [0.2, 0.25) is 0 Å². The normalized spacial score (nSPS) is 10.8. The standard InChI is InChI=1S/C18H18Si.C16H13.Zr/c1-13-8-4-6-10-15(13)18-16-11-7-5-9-14(16)12-17(18)19(2)3;1-12-6-2-4-8-14(12)16-11-10-13-7-3-5-9-15(13)16;/h4-12H,1-3H3;2-11H,1H3;/q2*-1;+2. The van der Waals surface area contributed by atoms with Crippen molar-refractivity contribution in [1.82, 2.24) is 0 Å². The average Bonchev–Trinajstić information content (AvgIpc) is 3.47. The molecular weight excluding hydrogens is 528 g/mol. The third kappa shape index (κ3) is 5.17. The van der Waals surface area contributed by atoms with Crippen LogP contribution in [0.3, 0.4) is 0 Å². The van der Waals surface area contributed by atoms with Gasteiger partial charge in [-0.2, -0.15) is 0 Å². The molecule has 6 rings (SSSR count). The molecule has 0 atom stereocenters. The summed E-state index contributed by atoms with van der Waals surface area (Å²) in [6, 6.07) is 41.4. The van der Waals surface area contributed by atoms with Crippen molar-refractivity contribution < 1.29 is 26.2 Å². The molecule has 0 nitrogen and oxygen atoms in total. The SMILES string of the molecule is Cc1ccccc1-[c-]1c([Si](C)C)cc2ccccc21.Cc1ccccc1-[c-]1ccc2ccccc21.[Zr+2]. The summed E-state index contributed by atoms with van der Waals surface area (Å²) < 4.78 is 0. The summed E-state index contributed by atoms with van der Waals surface area (Å²) in [5.41, 5.74) is 8.23. The number of benzene rings is 4. The zero-order chi connectivity index (χ0) is 24.4. The number of hydrogen-bond acceptors (Lipinski definition) is 0. The Balaban J connectivity index is 0.000000167. The Morgan fingerprint density at radius 3 is 1.72 bits per heavy atom. The molecular formula is C34H31SiZr. The quantitative estimate of drug-likeness (QED) is 0.150.